The second-order valence-corrected chi connectivity index (χ2v) is 4.41. The fraction of sp³-hybridized carbons (Fsp3) is 0.545. The van der Waals surface area contributed by atoms with Crippen molar-refractivity contribution in [2.24, 2.45) is 5.73 Å². The lowest BCUT2D eigenvalue weighted by molar-refractivity contribution is -0.139. The first kappa shape index (κ1) is 16.1. The van der Waals surface area contributed by atoms with E-state index in [9.17, 15) is 9.59 Å². The van der Waals surface area contributed by atoms with Crippen LogP contribution in [0.25, 0.3) is 0 Å². The fourth-order valence-electron chi connectivity index (χ4n) is 1.63. The van der Waals surface area contributed by atoms with Gasteiger partial charge in [0.2, 0.25) is 0 Å². The Kier molecular flexibility index (Phi) is 6.10. The molecule has 0 aromatic carbocycles. The number of aliphatic hydroxyl groups is 1. The highest BCUT2D eigenvalue weighted by Gasteiger charge is 2.27. The van der Waals surface area contributed by atoms with Crippen LogP contribution in [0, 0.1) is 0 Å². The number of nitrogens with two attached hydrogens (primary N) is 1. The van der Waals surface area contributed by atoms with Crippen molar-refractivity contribution < 1.29 is 24.9 Å². The first-order valence-electron chi connectivity index (χ1n) is 6.00. The van der Waals surface area contributed by atoms with Crippen LogP contribution >= 0.6 is 0 Å². The lowest BCUT2D eigenvalue weighted by atomic mass is 10.2. The predicted molar refractivity (Wildman–Crippen MR) is 68.0 cm³/mol. The summed E-state index contributed by atoms with van der Waals surface area (Å²) in [4.78, 5) is 26.9. The van der Waals surface area contributed by atoms with E-state index in [4.69, 9.17) is 21.1 Å². The molecule has 0 bridgehead atoms. The van der Waals surface area contributed by atoms with Crippen molar-refractivity contribution in [1.82, 2.24) is 15.3 Å². The molecule has 9 nitrogen and oxygen atoms in total. The third-order valence-corrected chi connectivity index (χ3v) is 2.72. The standard InChI is InChI=1S/C6H9N3O2.C5H9NO3/c7-5(6(10)11)1-4-2-8-3-9-4;7-3-1-4(5(8)9)6-2-3/h2-3,5H,1,7H2,(H,8,9)(H,10,11);3-4,6-7H,1-2H2,(H,8,9)/t5-;3-,4+/m01/s1. The van der Waals surface area contributed by atoms with Gasteiger partial charge in [0.25, 0.3) is 0 Å². The third-order valence-electron chi connectivity index (χ3n) is 2.72. The maximum absolute atomic E-state index is 10.3. The van der Waals surface area contributed by atoms with Gasteiger partial charge in [-0.1, -0.05) is 0 Å². The molecular formula is C11H18N4O5. The Hall–Kier alpha value is -1.97. The molecule has 0 unspecified atom stereocenters. The number of carboxylic acid groups (broad SMARTS) is 2. The molecule has 0 radical (unpaired) electrons. The molecule has 2 heterocycles. The van der Waals surface area contributed by atoms with Crippen molar-refractivity contribution in [1.29, 1.82) is 0 Å². The molecular weight excluding hydrogens is 268 g/mol. The van der Waals surface area contributed by atoms with E-state index in [1.54, 1.807) is 6.20 Å². The van der Waals surface area contributed by atoms with E-state index in [1.165, 1.54) is 6.33 Å². The van der Waals surface area contributed by atoms with E-state index >= 15 is 0 Å². The number of nitrogens with zero attached hydrogens (tertiary/aromatic N) is 1. The summed E-state index contributed by atoms with van der Waals surface area (Å²) < 4.78 is 0. The summed E-state index contributed by atoms with van der Waals surface area (Å²) in [5.74, 6) is -1.88. The zero-order chi connectivity index (χ0) is 15.1. The minimum Gasteiger partial charge on any atom is -0.480 e. The molecule has 0 saturated carbocycles. The Labute approximate surface area is 114 Å². The van der Waals surface area contributed by atoms with Crippen molar-refractivity contribution in [3.05, 3.63) is 18.2 Å². The molecule has 1 saturated heterocycles. The van der Waals surface area contributed by atoms with Gasteiger partial charge in [0.15, 0.2) is 0 Å². The Morgan fingerprint density at radius 2 is 2.20 bits per heavy atom. The van der Waals surface area contributed by atoms with Gasteiger partial charge in [-0.15, -0.1) is 0 Å². The van der Waals surface area contributed by atoms with Gasteiger partial charge in [0.1, 0.15) is 12.1 Å². The van der Waals surface area contributed by atoms with Crippen LogP contribution in [0.5, 0.6) is 0 Å². The van der Waals surface area contributed by atoms with Crippen LogP contribution < -0.4 is 11.1 Å². The molecule has 20 heavy (non-hydrogen) atoms. The van der Waals surface area contributed by atoms with Crippen molar-refractivity contribution in [2.45, 2.75) is 31.0 Å². The van der Waals surface area contributed by atoms with Crippen molar-refractivity contribution >= 4 is 11.9 Å². The summed E-state index contributed by atoms with van der Waals surface area (Å²) in [5, 5.41) is 28.3. The quantitative estimate of drug-likeness (QED) is 0.376. The molecule has 3 atom stereocenters. The first-order valence-corrected chi connectivity index (χ1v) is 6.00. The Bertz CT molecular complexity index is 436. The molecule has 1 aliphatic heterocycles. The SMILES string of the molecule is N[C@@H](Cc1cnc[nH]1)C(=O)O.O=C(O)[C@@H]1C[C@@H](O)CN1. The molecule has 0 amide bonds. The van der Waals surface area contributed by atoms with E-state index in [0.29, 0.717) is 13.0 Å². The van der Waals surface area contributed by atoms with Crippen molar-refractivity contribution in [2.75, 3.05) is 6.54 Å². The largest absolute Gasteiger partial charge is 0.480 e. The average Bonchev–Trinajstić information content (AvgIpc) is 3.01. The summed E-state index contributed by atoms with van der Waals surface area (Å²) in [7, 11) is 0. The molecule has 112 valence electrons. The topological polar surface area (TPSA) is 162 Å². The van der Waals surface area contributed by atoms with E-state index < -0.39 is 30.1 Å². The molecule has 0 aliphatic carbocycles. The summed E-state index contributed by atoms with van der Waals surface area (Å²) in [6.07, 6.45) is 3.18. The molecule has 1 aromatic heterocycles. The summed E-state index contributed by atoms with van der Waals surface area (Å²) in [6, 6.07) is -1.39. The van der Waals surface area contributed by atoms with E-state index in [1.807, 2.05) is 0 Å². The van der Waals surface area contributed by atoms with Gasteiger partial charge in [-0.3, -0.25) is 9.59 Å². The van der Waals surface area contributed by atoms with Gasteiger partial charge in [-0.2, -0.15) is 0 Å². The van der Waals surface area contributed by atoms with Crippen LogP contribution in [-0.2, 0) is 16.0 Å². The van der Waals surface area contributed by atoms with Gasteiger partial charge in [0.05, 0.1) is 12.4 Å². The van der Waals surface area contributed by atoms with E-state index in [-0.39, 0.29) is 6.42 Å². The van der Waals surface area contributed by atoms with Gasteiger partial charge in [-0.25, -0.2) is 4.98 Å². The highest BCUT2D eigenvalue weighted by molar-refractivity contribution is 5.74. The van der Waals surface area contributed by atoms with Gasteiger partial charge in [-0.05, 0) is 0 Å². The van der Waals surface area contributed by atoms with Crippen molar-refractivity contribution in [3.8, 4) is 0 Å². The lowest BCUT2D eigenvalue weighted by Crippen LogP contribution is -2.32. The normalized spacial score (nSPS) is 22.7. The number of aliphatic carboxylic acids is 2. The number of rotatable bonds is 4. The second kappa shape index (κ2) is 7.58. The minimum atomic E-state index is -1.00. The molecule has 9 heteroatoms. The van der Waals surface area contributed by atoms with Crippen LogP contribution in [0.1, 0.15) is 12.1 Å². The van der Waals surface area contributed by atoms with Crippen LogP contribution in [0.2, 0.25) is 0 Å². The number of aromatic nitrogens is 2. The maximum Gasteiger partial charge on any atom is 0.320 e. The lowest BCUT2D eigenvalue weighted by Gasteiger charge is -2.02. The Morgan fingerprint density at radius 1 is 1.50 bits per heavy atom. The number of aromatic amines is 1. The third kappa shape index (κ3) is 5.34. The molecule has 1 fully saturated rings. The van der Waals surface area contributed by atoms with Crippen LogP contribution in [0.4, 0.5) is 0 Å². The van der Waals surface area contributed by atoms with Gasteiger partial charge >= 0.3 is 11.9 Å². The zero-order valence-corrected chi connectivity index (χ0v) is 10.7. The highest BCUT2D eigenvalue weighted by atomic mass is 16.4. The number of hydrogen-bond donors (Lipinski definition) is 6. The van der Waals surface area contributed by atoms with E-state index in [2.05, 4.69) is 15.3 Å². The van der Waals surface area contributed by atoms with Crippen LogP contribution in [0.15, 0.2) is 12.5 Å². The smallest absolute Gasteiger partial charge is 0.320 e. The van der Waals surface area contributed by atoms with Gasteiger partial charge < -0.3 is 31.4 Å². The molecule has 7 N–H and O–H groups in total. The number of hydrogen-bond acceptors (Lipinski definition) is 6. The van der Waals surface area contributed by atoms with Gasteiger partial charge in [0, 0.05) is 31.3 Å². The average molecular weight is 286 g/mol. The number of nitrogens with one attached hydrogen (secondary N) is 2. The summed E-state index contributed by atoms with van der Waals surface area (Å²) >= 11 is 0. The predicted octanol–water partition coefficient (Wildman–Crippen LogP) is -1.84. The number of imidazole rings is 1. The Morgan fingerprint density at radius 3 is 2.55 bits per heavy atom. The van der Waals surface area contributed by atoms with E-state index in [0.717, 1.165) is 5.69 Å². The number of carboxylic acids is 2. The monoisotopic (exact) mass is 286 g/mol. The zero-order valence-electron chi connectivity index (χ0n) is 10.7. The van der Waals surface area contributed by atoms with Crippen LogP contribution in [0.3, 0.4) is 0 Å². The molecule has 2 rings (SSSR count). The maximum atomic E-state index is 10.3. The summed E-state index contributed by atoms with van der Waals surface area (Å²) in [5.41, 5.74) is 6.00. The highest BCUT2D eigenvalue weighted by Crippen LogP contribution is 2.05. The van der Waals surface area contributed by atoms with Crippen LogP contribution in [-0.4, -0.2) is 62.0 Å². The molecule has 1 aromatic rings. The molecule has 0 spiro atoms. The Balaban J connectivity index is 0.000000204. The summed E-state index contributed by atoms with van der Waals surface area (Å²) in [6.45, 7) is 0.400. The number of H-pyrrole nitrogens is 1. The second-order valence-electron chi connectivity index (χ2n) is 4.41. The number of β-amino-alcohol motifs (C(OH)–C–C–N with tert-alkyl or cyclic N) is 1. The minimum absolute atomic E-state index is 0.287. The molecule has 1 aliphatic rings. The first-order chi connectivity index (χ1) is 9.40. The number of carbonyl (C=O) groups is 2. The van der Waals surface area contributed by atoms with Crippen molar-refractivity contribution in [3.63, 3.8) is 0 Å². The number of aliphatic hydroxyl groups excluding tert-OH is 1. The fourth-order valence-corrected chi connectivity index (χ4v) is 1.63.